The first-order valence-electron chi connectivity index (χ1n) is 10.4. The average molecular weight is 445 g/mol. The van der Waals surface area contributed by atoms with Crippen LogP contribution in [0.4, 0.5) is 0 Å². The summed E-state index contributed by atoms with van der Waals surface area (Å²) in [5, 5.41) is 25.2. The van der Waals surface area contributed by atoms with Crippen molar-refractivity contribution < 1.29 is 34.2 Å². The van der Waals surface area contributed by atoms with Crippen molar-refractivity contribution in [1.29, 1.82) is 0 Å². The van der Waals surface area contributed by atoms with Crippen molar-refractivity contribution in [3.05, 3.63) is 0 Å². The SMILES string of the molecule is CC[C@H](C)[C@H](NC(=O)[C@@H](N)CC(C)C)C(=O)N[C@@H](C)C(=O)N[C@@H](CCC(=O)O)C(=O)O. The van der Waals surface area contributed by atoms with Gasteiger partial charge in [0.1, 0.15) is 18.1 Å². The summed E-state index contributed by atoms with van der Waals surface area (Å²) >= 11 is 0. The molecular weight excluding hydrogens is 408 g/mol. The van der Waals surface area contributed by atoms with Crippen LogP contribution in [0.5, 0.6) is 0 Å². The number of hydrogen-bond acceptors (Lipinski definition) is 6. The molecule has 0 fully saturated rings. The number of nitrogens with one attached hydrogen (secondary N) is 3. The highest BCUT2D eigenvalue weighted by Gasteiger charge is 2.31. The fourth-order valence-electron chi connectivity index (χ4n) is 2.77. The molecule has 0 aliphatic heterocycles. The standard InChI is InChI=1S/C20H36N4O7/c1-6-11(4)16(24-18(28)13(21)9-10(2)3)19(29)22-12(5)17(27)23-14(20(30)31)7-8-15(25)26/h10-14,16H,6-9,21H2,1-5H3,(H,22,29)(H,23,27)(H,24,28)(H,25,26)(H,30,31)/t11-,12-,13-,14-,16-/m0/s1. The molecule has 0 rings (SSSR count). The minimum Gasteiger partial charge on any atom is -0.481 e. The Balaban J connectivity index is 5.10. The predicted octanol–water partition coefficient (Wildman–Crippen LogP) is -0.170. The average Bonchev–Trinajstić information content (AvgIpc) is 2.66. The lowest BCUT2D eigenvalue weighted by Crippen LogP contribution is -2.58. The van der Waals surface area contributed by atoms with E-state index in [4.69, 9.17) is 15.9 Å². The van der Waals surface area contributed by atoms with Crippen molar-refractivity contribution >= 4 is 29.7 Å². The Hall–Kier alpha value is -2.69. The Morgan fingerprint density at radius 3 is 1.90 bits per heavy atom. The number of carbonyl (C=O) groups is 5. The van der Waals surface area contributed by atoms with E-state index in [9.17, 15) is 24.0 Å². The summed E-state index contributed by atoms with van der Waals surface area (Å²) in [6.45, 7) is 8.83. The van der Waals surface area contributed by atoms with Gasteiger partial charge in [0.15, 0.2) is 0 Å². The molecule has 7 N–H and O–H groups in total. The normalized spacial score (nSPS) is 15.8. The number of aliphatic carboxylic acids is 2. The summed E-state index contributed by atoms with van der Waals surface area (Å²) in [5.41, 5.74) is 5.89. The Bertz CT molecular complexity index is 653. The number of carboxylic acids is 2. The number of carboxylic acid groups (broad SMARTS) is 2. The van der Waals surface area contributed by atoms with E-state index in [1.54, 1.807) is 6.92 Å². The maximum Gasteiger partial charge on any atom is 0.326 e. The Morgan fingerprint density at radius 1 is 0.871 bits per heavy atom. The van der Waals surface area contributed by atoms with E-state index in [0.29, 0.717) is 12.8 Å². The minimum atomic E-state index is -1.40. The molecule has 178 valence electrons. The molecule has 0 aliphatic rings. The lowest BCUT2D eigenvalue weighted by Gasteiger charge is -2.27. The Kier molecular flexibility index (Phi) is 12.4. The van der Waals surface area contributed by atoms with Crippen LogP contribution in [0, 0.1) is 11.8 Å². The van der Waals surface area contributed by atoms with Crippen LogP contribution in [-0.2, 0) is 24.0 Å². The van der Waals surface area contributed by atoms with E-state index in [1.165, 1.54) is 6.92 Å². The molecule has 0 bridgehead atoms. The molecule has 0 aromatic rings. The van der Waals surface area contributed by atoms with Crippen LogP contribution in [0.2, 0.25) is 0 Å². The van der Waals surface area contributed by atoms with Gasteiger partial charge in [-0.1, -0.05) is 34.1 Å². The molecule has 0 unspecified atom stereocenters. The third-order valence-corrected chi connectivity index (χ3v) is 4.87. The van der Waals surface area contributed by atoms with Crippen LogP contribution < -0.4 is 21.7 Å². The largest absolute Gasteiger partial charge is 0.481 e. The van der Waals surface area contributed by atoms with E-state index in [-0.39, 0.29) is 18.3 Å². The van der Waals surface area contributed by atoms with Gasteiger partial charge in [-0.3, -0.25) is 19.2 Å². The summed E-state index contributed by atoms with van der Waals surface area (Å²) in [5.74, 6) is -4.46. The fourth-order valence-corrected chi connectivity index (χ4v) is 2.77. The molecule has 0 spiro atoms. The topological polar surface area (TPSA) is 188 Å². The molecule has 3 amide bonds. The quantitative estimate of drug-likeness (QED) is 0.213. The third-order valence-electron chi connectivity index (χ3n) is 4.87. The van der Waals surface area contributed by atoms with Crippen LogP contribution in [0.3, 0.4) is 0 Å². The lowest BCUT2D eigenvalue weighted by molar-refractivity contribution is -0.143. The molecule has 11 heteroatoms. The van der Waals surface area contributed by atoms with Gasteiger partial charge in [0.2, 0.25) is 17.7 Å². The zero-order chi connectivity index (χ0) is 24.3. The van der Waals surface area contributed by atoms with Crippen LogP contribution in [0.25, 0.3) is 0 Å². The lowest BCUT2D eigenvalue weighted by atomic mass is 9.96. The molecule has 0 heterocycles. The van der Waals surface area contributed by atoms with Gasteiger partial charge in [-0.25, -0.2) is 4.79 Å². The van der Waals surface area contributed by atoms with E-state index in [2.05, 4.69) is 16.0 Å². The third kappa shape index (κ3) is 10.8. The van der Waals surface area contributed by atoms with E-state index < -0.39 is 60.2 Å². The molecule has 0 saturated carbocycles. The Labute approximate surface area is 182 Å². The van der Waals surface area contributed by atoms with E-state index in [0.717, 1.165) is 0 Å². The van der Waals surface area contributed by atoms with Gasteiger partial charge in [-0.15, -0.1) is 0 Å². The first kappa shape index (κ1) is 28.3. The van der Waals surface area contributed by atoms with Gasteiger partial charge in [-0.2, -0.15) is 0 Å². The molecule has 11 nitrogen and oxygen atoms in total. The fraction of sp³-hybridized carbons (Fsp3) is 0.750. The van der Waals surface area contributed by atoms with Gasteiger partial charge in [-0.05, 0) is 31.6 Å². The number of carbonyl (C=O) groups excluding carboxylic acids is 3. The van der Waals surface area contributed by atoms with Crippen molar-refractivity contribution in [2.45, 2.75) is 84.5 Å². The molecule has 0 aliphatic carbocycles. The van der Waals surface area contributed by atoms with Crippen molar-refractivity contribution in [3.63, 3.8) is 0 Å². The number of nitrogens with two attached hydrogens (primary N) is 1. The van der Waals surface area contributed by atoms with Crippen LogP contribution in [0.15, 0.2) is 0 Å². The molecule has 0 radical (unpaired) electrons. The zero-order valence-corrected chi connectivity index (χ0v) is 18.8. The maximum absolute atomic E-state index is 12.7. The second kappa shape index (κ2) is 13.6. The highest BCUT2D eigenvalue weighted by atomic mass is 16.4. The van der Waals surface area contributed by atoms with Gasteiger partial charge >= 0.3 is 11.9 Å². The van der Waals surface area contributed by atoms with Crippen molar-refractivity contribution in [3.8, 4) is 0 Å². The summed E-state index contributed by atoms with van der Waals surface area (Å²) < 4.78 is 0. The molecule has 0 aromatic heterocycles. The van der Waals surface area contributed by atoms with Crippen molar-refractivity contribution in [1.82, 2.24) is 16.0 Å². The van der Waals surface area contributed by atoms with Crippen molar-refractivity contribution in [2.75, 3.05) is 0 Å². The molecule has 0 aromatic carbocycles. The Morgan fingerprint density at radius 2 is 1.45 bits per heavy atom. The zero-order valence-electron chi connectivity index (χ0n) is 18.8. The minimum absolute atomic E-state index is 0.198. The van der Waals surface area contributed by atoms with Gasteiger partial charge in [0.25, 0.3) is 0 Å². The van der Waals surface area contributed by atoms with Crippen LogP contribution >= 0.6 is 0 Å². The second-order valence-corrected chi connectivity index (χ2v) is 8.17. The first-order valence-corrected chi connectivity index (χ1v) is 10.4. The second-order valence-electron chi connectivity index (χ2n) is 8.17. The number of amides is 3. The molecule has 5 atom stereocenters. The van der Waals surface area contributed by atoms with Crippen LogP contribution in [0.1, 0.15) is 60.3 Å². The summed E-state index contributed by atoms with van der Waals surface area (Å²) in [6, 6.07) is -4.20. The van der Waals surface area contributed by atoms with E-state index in [1.807, 2.05) is 20.8 Å². The highest BCUT2D eigenvalue weighted by molar-refractivity contribution is 5.94. The smallest absolute Gasteiger partial charge is 0.326 e. The van der Waals surface area contributed by atoms with Crippen LogP contribution in [-0.4, -0.2) is 64.0 Å². The number of hydrogen-bond donors (Lipinski definition) is 6. The summed E-state index contributed by atoms with van der Waals surface area (Å²) in [7, 11) is 0. The summed E-state index contributed by atoms with van der Waals surface area (Å²) in [4.78, 5) is 59.3. The number of rotatable bonds is 14. The first-order chi connectivity index (χ1) is 14.3. The maximum atomic E-state index is 12.7. The van der Waals surface area contributed by atoms with Gasteiger partial charge in [0, 0.05) is 6.42 Å². The molecular formula is C20H36N4O7. The van der Waals surface area contributed by atoms with Gasteiger partial charge < -0.3 is 31.9 Å². The predicted molar refractivity (Wildman–Crippen MR) is 113 cm³/mol. The monoisotopic (exact) mass is 444 g/mol. The van der Waals surface area contributed by atoms with Gasteiger partial charge in [0.05, 0.1) is 6.04 Å². The summed E-state index contributed by atoms with van der Waals surface area (Å²) in [6.07, 6.45) is 0.300. The highest BCUT2D eigenvalue weighted by Crippen LogP contribution is 2.10. The molecule has 0 saturated heterocycles. The van der Waals surface area contributed by atoms with E-state index >= 15 is 0 Å². The molecule has 31 heavy (non-hydrogen) atoms. The van der Waals surface area contributed by atoms with Crippen molar-refractivity contribution in [2.24, 2.45) is 17.6 Å².